The fourth-order valence-corrected chi connectivity index (χ4v) is 4.82. The van der Waals surface area contributed by atoms with Crippen molar-refractivity contribution >= 4 is 11.8 Å². The van der Waals surface area contributed by atoms with Crippen molar-refractivity contribution in [3.8, 4) is 0 Å². The van der Waals surface area contributed by atoms with Crippen molar-refractivity contribution in [1.82, 2.24) is 5.32 Å². The summed E-state index contributed by atoms with van der Waals surface area (Å²) in [5, 5.41) is 3.45. The van der Waals surface area contributed by atoms with Gasteiger partial charge in [0.25, 0.3) is 0 Å². The summed E-state index contributed by atoms with van der Waals surface area (Å²) in [6.07, 6.45) is 3.49. The van der Waals surface area contributed by atoms with E-state index in [1.807, 2.05) is 25.7 Å². The van der Waals surface area contributed by atoms with E-state index in [2.05, 4.69) is 17.4 Å². The van der Waals surface area contributed by atoms with Crippen molar-refractivity contribution < 1.29 is 9.15 Å². The molecule has 0 saturated carbocycles. The summed E-state index contributed by atoms with van der Waals surface area (Å²) >= 11 is 2.03. The quantitative estimate of drug-likeness (QED) is 0.923. The molecule has 2 fully saturated rings. The Morgan fingerprint density at radius 1 is 1.47 bits per heavy atom. The third kappa shape index (κ3) is 2.71. The zero-order valence-electron chi connectivity index (χ0n) is 11.8. The second-order valence-electron chi connectivity index (χ2n) is 5.80. The second-order valence-corrected chi connectivity index (χ2v) is 6.91. The Morgan fingerprint density at radius 3 is 3.00 bits per heavy atom. The van der Waals surface area contributed by atoms with Crippen LogP contribution >= 0.6 is 11.8 Å². The first-order valence-corrected chi connectivity index (χ1v) is 8.33. The lowest BCUT2D eigenvalue weighted by molar-refractivity contribution is -0.0860. The number of nitrogens with one attached hydrogen (secondary N) is 1. The molecule has 2 saturated heterocycles. The predicted octanol–water partition coefficient (Wildman–Crippen LogP) is 3.15. The van der Waals surface area contributed by atoms with Crippen LogP contribution < -0.4 is 5.32 Å². The van der Waals surface area contributed by atoms with Crippen molar-refractivity contribution in [3.63, 3.8) is 0 Å². The highest BCUT2D eigenvalue weighted by molar-refractivity contribution is 7.99. The summed E-state index contributed by atoms with van der Waals surface area (Å²) in [5.41, 5.74) is 0.143. The zero-order valence-corrected chi connectivity index (χ0v) is 12.6. The zero-order chi connectivity index (χ0) is 13.3. The second kappa shape index (κ2) is 5.51. The van der Waals surface area contributed by atoms with Crippen molar-refractivity contribution in [3.05, 3.63) is 23.7 Å². The van der Waals surface area contributed by atoms with Crippen molar-refractivity contribution in [1.29, 1.82) is 0 Å². The number of rotatable bonds is 3. The van der Waals surface area contributed by atoms with Gasteiger partial charge in [0.1, 0.15) is 11.5 Å². The molecule has 0 aliphatic carbocycles. The Kier molecular flexibility index (Phi) is 3.92. The van der Waals surface area contributed by atoms with Crippen LogP contribution in [0.4, 0.5) is 0 Å². The van der Waals surface area contributed by atoms with E-state index < -0.39 is 0 Å². The molecular formula is C15H23NO2S. The molecule has 0 aromatic carbocycles. The Bertz CT molecular complexity index is 426. The largest absolute Gasteiger partial charge is 0.465 e. The normalized spacial score (nSPS) is 32.8. The summed E-state index contributed by atoms with van der Waals surface area (Å²) in [4.78, 5) is 0. The third-order valence-electron chi connectivity index (χ3n) is 4.45. The molecule has 3 nitrogen and oxygen atoms in total. The van der Waals surface area contributed by atoms with Gasteiger partial charge >= 0.3 is 0 Å². The number of hydrogen-bond donors (Lipinski definition) is 1. The summed E-state index contributed by atoms with van der Waals surface area (Å²) in [6.45, 7) is 2.90. The summed E-state index contributed by atoms with van der Waals surface area (Å²) < 4.78 is 11.9. The fourth-order valence-electron chi connectivity index (χ4n) is 3.44. The van der Waals surface area contributed by atoms with E-state index in [-0.39, 0.29) is 5.60 Å². The lowest BCUT2D eigenvalue weighted by Crippen LogP contribution is -2.43. The molecule has 1 aromatic rings. The minimum atomic E-state index is 0.143. The highest BCUT2D eigenvalue weighted by atomic mass is 32.2. The molecule has 2 aliphatic heterocycles. The van der Waals surface area contributed by atoms with E-state index in [4.69, 9.17) is 9.15 Å². The van der Waals surface area contributed by atoms with E-state index in [0.29, 0.717) is 12.0 Å². The Morgan fingerprint density at radius 2 is 2.37 bits per heavy atom. The van der Waals surface area contributed by atoms with E-state index in [1.165, 1.54) is 12.2 Å². The molecule has 19 heavy (non-hydrogen) atoms. The first kappa shape index (κ1) is 13.5. The van der Waals surface area contributed by atoms with Crippen LogP contribution in [0.3, 0.4) is 0 Å². The van der Waals surface area contributed by atoms with Gasteiger partial charge in [-0.1, -0.05) is 0 Å². The van der Waals surface area contributed by atoms with Crippen LogP contribution in [0, 0.1) is 12.8 Å². The highest BCUT2D eigenvalue weighted by Crippen LogP contribution is 2.44. The SMILES string of the molecule is CNC(c1ccc(C)o1)C1CCOC2(CCSC2)C1. The van der Waals surface area contributed by atoms with Gasteiger partial charge < -0.3 is 14.5 Å². The van der Waals surface area contributed by atoms with Crippen molar-refractivity contribution in [2.45, 2.75) is 37.8 Å². The predicted molar refractivity (Wildman–Crippen MR) is 78.6 cm³/mol. The molecule has 0 bridgehead atoms. The average Bonchev–Trinajstić information content (AvgIpc) is 3.01. The molecule has 4 heteroatoms. The minimum Gasteiger partial charge on any atom is -0.465 e. The Hall–Kier alpha value is -0.450. The van der Waals surface area contributed by atoms with Crippen LogP contribution in [0.15, 0.2) is 16.5 Å². The maximum atomic E-state index is 6.11. The van der Waals surface area contributed by atoms with Crippen LogP contribution in [-0.2, 0) is 4.74 Å². The van der Waals surface area contributed by atoms with Gasteiger partial charge in [0.2, 0.25) is 0 Å². The van der Waals surface area contributed by atoms with E-state index in [0.717, 1.165) is 36.7 Å². The van der Waals surface area contributed by atoms with E-state index in [9.17, 15) is 0 Å². The van der Waals surface area contributed by atoms with Gasteiger partial charge in [-0.25, -0.2) is 0 Å². The van der Waals surface area contributed by atoms with Gasteiger partial charge in [-0.2, -0.15) is 11.8 Å². The highest BCUT2D eigenvalue weighted by Gasteiger charge is 2.43. The molecule has 2 aliphatic rings. The van der Waals surface area contributed by atoms with Crippen LogP contribution in [0.2, 0.25) is 0 Å². The average molecular weight is 281 g/mol. The van der Waals surface area contributed by atoms with Gasteiger partial charge in [-0.3, -0.25) is 0 Å². The topological polar surface area (TPSA) is 34.4 Å². The minimum absolute atomic E-state index is 0.143. The number of aryl methyl sites for hydroxylation is 1. The van der Waals surface area contributed by atoms with E-state index >= 15 is 0 Å². The molecule has 0 amide bonds. The van der Waals surface area contributed by atoms with Crippen LogP contribution in [-0.4, -0.2) is 30.8 Å². The number of thioether (sulfide) groups is 1. The summed E-state index contributed by atoms with van der Waals surface area (Å²) in [7, 11) is 2.04. The lowest BCUT2D eigenvalue weighted by atomic mass is 9.80. The Labute approximate surface area is 119 Å². The smallest absolute Gasteiger partial charge is 0.121 e. The molecule has 1 spiro atoms. The number of ether oxygens (including phenoxy) is 1. The van der Waals surface area contributed by atoms with Gasteiger partial charge in [0, 0.05) is 12.4 Å². The van der Waals surface area contributed by atoms with Crippen LogP contribution in [0.25, 0.3) is 0 Å². The molecule has 0 radical (unpaired) electrons. The summed E-state index contributed by atoms with van der Waals surface area (Å²) in [6, 6.07) is 4.49. The molecule has 3 rings (SSSR count). The molecule has 1 aromatic heterocycles. The van der Waals surface area contributed by atoms with Gasteiger partial charge in [0.15, 0.2) is 0 Å². The molecule has 3 unspecified atom stereocenters. The van der Waals surface area contributed by atoms with E-state index in [1.54, 1.807) is 0 Å². The van der Waals surface area contributed by atoms with Crippen molar-refractivity contribution in [2.24, 2.45) is 5.92 Å². The lowest BCUT2D eigenvalue weighted by Gasteiger charge is -2.40. The first-order valence-electron chi connectivity index (χ1n) is 7.18. The third-order valence-corrected chi connectivity index (χ3v) is 5.67. The maximum Gasteiger partial charge on any atom is 0.121 e. The molecule has 3 atom stereocenters. The molecular weight excluding hydrogens is 258 g/mol. The van der Waals surface area contributed by atoms with Gasteiger partial charge in [-0.05, 0) is 57.0 Å². The van der Waals surface area contributed by atoms with Crippen LogP contribution in [0.5, 0.6) is 0 Å². The number of hydrogen-bond acceptors (Lipinski definition) is 4. The van der Waals surface area contributed by atoms with Gasteiger partial charge in [-0.15, -0.1) is 0 Å². The monoisotopic (exact) mass is 281 g/mol. The fraction of sp³-hybridized carbons (Fsp3) is 0.733. The standard InChI is InChI=1S/C15H23NO2S/c1-11-3-4-13(18-11)14(16-2)12-5-7-17-15(9-12)6-8-19-10-15/h3-4,12,14,16H,5-10H2,1-2H3. The maximum absolute atomic E-state index is 6.11. The molecule has 1 N–H and O–H groups in total. The van der Waals surface area contributed by atoms with Crippen LogP contribution in [0.1, 0.15) is 36.8 Å². The summed E-state index contributed by atoms with van der Waals surface area (Å²) in [5.74, 6) is 5.10. The first-order chi connectivity index (χ1) is 9.22. The molecule has 3 heterocycles. The number of furan rings is 1. The van der Waals surface area contributed by atoms with Crippen molar-refractivity contribution in [2.75, 3.05) is 25.2 Å². The molecule has 106 valence electrons. The Balaban J connectivity index is 1.76. The van der Waals surface area contributed by atoms with Gasteiger partial charge in [0.05, 0.1) is 11.6 Å².